The second-order valence-electron chi connectivity index (χ2n) is 8.29. The van der Waals surface area contributed by atoms with E-state index in [9.17, 15) is 0 Å². The number of morpholine rings is 1. The second-order valence-corrected chi connectivity index (χ2v) is 8.67. The topological polar surface area (TPSA) is 37.0 Å². The molecule has 31 heavy (non-hydrogen) atoms. The predicted octanol–water partition coefficient (Wildman–Crippen LogP) is 4.74. The fourth-order valence-corrected chi connectivity index (χ4v) is 3.98. The average molecular weight is 442 g/mol. The van der Waals surface area contributed by atoms with Crippen molar-refractivity contribution in [2.75, 3.05) is 51.8 Å². The summed E-state index contributed by atoms with van der Waals surface area (Å²) < 4.78 is 10.9. The molecule has 1 aliphatic rings. The Labute approximate surface area is 192 Å². The monoisotopic (exact) mass is 441 g/mol. The molecular formula is C25H35N3O2S. The highest BCUT2D eigenvalue weighted by atomic mass is 32.1. The summed E-state index contributed by atoms with van der Waals surface area (Å²) in [6.45, 7) is 10.8. The quantitative estimate of drug-likeness (QED) is 0.567. The lowest BCUT2D eigenvalue weighted by atomic mass is 10.0. The summed E-state index contributed by atoms with van der Waals surface area (Å²) in [5.41, 5.74) is 3.54. The Morgan fingerprint density at radius 3 is 2.58 bits per heavy atom. The third-order valence-corrected chi connectivity index (χ3v) is 5.99. The number of benzene rings is 2. The maximum absolute atomic E-state index is 5.82. The van der Waals surface area contributed by atoms with Gasteiger partial charge in [0.2, 0.25) is 0 Å². The molecule has 0 saturated carbocycles. The molecule has 168 valence electrons. The van der Waals surface area contributed by atoms with E-state index in [0.29, 0.717) is 5.92 Å². The van der Waals surface area contributed by atoms with Crippen LogP contribution in [0.25, 0.3) is 0 Å². The lowest BCUT2D eigenvalue weighted by Gasteiger charge is -2.30. The van der Waals surface area contributed by atoms with Crippen LogP contribution in [0.4, 0.5) is 5.69 Å². The minimum absolute atomic E-state index is 0.519. The smallest absolute Gasteiger partial charge is 0.173 e. The molecule has 0 unspecified atom stereocenters. The molecular weight excluding hydrogens is 406 g/mol. The van der Waals surface area contributed by atoms with Gasteiger partial charge in [0, 0.05) is 38.4 Å². The van der Waals surface area contributed by atoms with E-state index in [0.717, 1.165) is 68.9 Å². The summed E-state index contributed by atoms with van der Waals surface area (Å²) >= 11 is 5.82. The molecule has 0 bridgehead atoms. The summed E-state index contributed by atoms with van der Waals surface area (Å²) in [5, 5.41) is 4.19. The normalized spacial score (nSPS) is 14.5. The van der Waals surface area contributed by atoms with Crippen LogP contribution in [-0.4, -0.2) is 61.4 Å². The van der Waals surface area contributed by atoms with Gasteiger partial charge in [0.15, 0.2) is 5.11 Å². The molecule has 5 nitrogen and oxygen atoms in total. The molecule has 6 heteroatoms. The fourth-order valence-electron chi connectivity index (χ4n) is 3.71. The lowest BCUT2D eigenvalue weighted by Crippen LogP contribution is -2.40. The summed E-state index contributed by atoms with van der Waals surface area (Å²) in [7, 11) is 1.70. The molecule has 3 rings (SSSR count). The molecule has 0 atom stereocenters. The van der Waals surface area contributed by atoms with Crippen LogP contribution in [0.3, 0.4) is 0 Å². The Morgan fingerprint density at radius 2 is 1.90 bits per heavy atom. The zero-order chi connectivity index (χ0) is 22.1. The summed E-state index contributed by atoms with van der Waals surface area (Å²) in [5.74, 6) is 1.39. The Bertz CT molecular complexity index is 820. The van der Waals surface area contributed by atoms with Crippen LogP contribution in [0, 0.1) is 0 Å². The number of hydrogen-bond donors (Lipinski definition) is 1. The minimum atomic E-state index is 0.519. The van der Waals surface area contributed by atoms with Crippen LogP contribution in [0.5, 0.6) is 5.75 Å². The van der Waals surface area contributed by atoms with E-state index in [-0.39, 0.29) is 0 Å². The van der Waals surface area contributed by atoms with Gasteiger partial charge in [0.25, 0.3) is 0 Å². The Kier molecular flexibility index (Phi) is 9.13. The van der Waals surface area contributed by atoms with Crippen molar-refractivity contribution in [3.8, 4) is 5.75 Å². The zero-order valence-corrected chi connectivity index (χ0v) is 19.8. The molecule has 1 heterocycles. The number of anilines is 1. The van der Waals surface area contributed by atoms with Crippen molar-refractivity contribution >= 4 is 23.0 Å². The molecule has 1 aliphatic heterocycles. The summed E-state index contributed by atoms with van der Waals surface area (Å²) in [6, 6.07) is 16.8. The van der Waals surface area contributed by atoms with Crippen molar-refractivity contribution in [2.45, 2.75) is 32.7 Å². The van der Waals surface area contributed by atoms with Gasteiger partial charge in [-0.25, -0.2) is 0 Å². The predicted molar refractivity (Wildman–Crippen MR) is 132 cm³/mol. The molecule has 0 spiro atoms. The molecule has 2 aromatic rings. The van der Waals surface area contributed by atoms with Gasteiger partial charge in [0.05, 0.1) is 20.3 Å². The Balaban J connectivity index is 1.64. The molecule has 1 N–H and O–H groups in total. The average Bonchev–Trinajstić information content (AvgIpc) is 2.79. The van der Waals surface area contributed by atoms with Gasteiger partial charge in [0.1, 0.15) is 5.75 Å². The first-order chi connectivity index (χ1) is 15.0. The van der Waals surface area contributed by atoms with E-state index >= 15 is 0 Å². The van der Waals surface area contributed by atoms with Crippen molar-refractivity contribution < 1.29 is 9.47 Å². The SMILES string of the molecule is COc1cccc(CN(CCCN2CCOCC2)C(=S)Nc2ccc(C(C)C)cc2)c1. The van der Waals surface area contributed by atoms with Crippen LogP contribution in [0.1, 0.15) is 37.3 Å². The number of hydrogen-bond acceptors (Lipinski definition) is 4. The van der Waals surface area contributed by atoms with E-state index in [4.69, 9.17) is 21.7 Å². The molecule has 0 radical (unpaired) electrons. The van der Waals surface area contributed by atoms with Crippen LogP contribution < -0.4 is 10.1 Å². The summed E-state index contributed by atoms with van der Waals surface area (Å²) in [6.07, 6.45) is 1.05. The van der Waals surface area contributed by atoms with Crippen molar-refractivity contribution in [1.29, 1.82) is 0 Å². The largest absolute Gasteiger partial charge is 0.497 e. The van der Waals surface area contributed by atoms with Gasteiger partial charge in [-0.3, -0.25) is 4.90 Å². The number of nitrogens with zero attached hydrogens (tertiary/aromatic N) is 2. The third-order valence-electron chi connectivity index (χ3n) is 5.63. The number of nitrogens with one attached hydrogen (secondary N) is 1. The number of methoxy groups -OCH3 is 1. The second kappa shape index (κ2) is 12.0. The number of rotatable bonds is 9. The van der Waals surface area contributed by atoms with Crippen molar-refractivity contribution in [3.05, 3.63) is 59.7 Å². The van der Waals surface area contributed by atoms with E-state index < -0.39 is 0 Å². The van der Waals surface area contributed by atoms with E-state index in [1.54, 1.807) is 7.11 Å². The molecule has 0 amide bonds. The molecule has 2 aromatic carbocycles. The van der Waals surface area contributed by atoms with E-state index in [1.165, 1.54) is 11.1 Å². The molecule has 1 saturated heterocycles. The van der Waals surface area contributed by atoms with Crippen molar-refractivity contribution in [3.63, 3.8) is 0 Å². The highest BCUT2D eigenvalue weighted by Crippen LogP contribution is 2.19. The van der Waals surface area contributed by atoms with E-state index in [2.05, 4.69) is 65.4 Å². The maximum Gasteiger partial charge on any atom is 0.173 e. The number of ether oxygens (including phenoxy) is 2. The highest BCUT2D eigenvalue weighted by molar-refractivity contribution is 7.80. The zero-order valence-electron chi connectivity index (χ0n) is 19.0. The van der Waals surface area contributed by atoms with Crippen LogP contribution in [-0.2, 0) is 11.3 Å². The third kappa shape index (κ3) is 7.49. The Hall–Kier alpha value is -2.15. The van der Waals surface area contributed by atoms with Gasteiger partial charge in [-0.05, 0) is 59.9 Å². The Morgan fingerprint density at radius 1 is 1.16 bits per heavy atom. The van der Waals surface area contributed by atoms with Crippen LogP contribution in [0.2, 0.25) is 0 Å². The van der Waals surface area contributed by atoms with Gasteiger partial charge < -0.3 is 19.7 Å². The lowest BCUT2D eigenvalue weighted by molar-refractivity contribution is 0.0368. The van der Waals surface area contributed by atoms with Crippen LogP contribution in [0.15, 0.2) is 48.5 Å². The van der Waals surface area contributed by atoms with E-state index in [1.807, 2.05) is 12.1 Å². The number of thiocarbonyl (C=S) groups is 1. The first-order valence-corrected chi connectivity index (χ1v) is 11.5. The fraction of sp³-hybridized carbons (Fsp3) is 0.480. The van der Waals surface area contributed by atoms with Crippen molar-refractivity contribution in [2.24, 2.45) is 0 Å². The molecule has 0 aliphatic carbocycles. The van der Waals surface area contributed by atoms with Gasteiger partial charge in [-0.15, -0.1) is 0 Å². The van der Waals surface area contributed by atoms with Gasteiger partial charge in [-0.2, -0.15) is 0 Å². The molecule has 1 fully saturated rings. The standard InChI is InChI=1S/C25H35N3O2S/c1-20(2)22-8-10-23(11-9-22)26-25(31)28(13-5-12-27-14-16-30-17-15-27)19-21-6-4-7-24(18-21)29-3/h4,6-11,18,20H,5,12-17,19H2,1-3H3,(H,26,31). The minimum Gasteiger partial charge on any atom is -0.497 e. The molecule has 0 aromatic heterocycles. The van der Waals surface area contributed by atoms with Gasteiger partial charge >= 0.3 is 0 Å². The maximum atomic E-state index is 5.82. The van der Waals surface area contributed by atoms with Crippen molar-refractivity contribution in [1.82, 2.24) is 9.80 Å². The van der Waals surface area contributed by atoms with Gasteiger partial charge in [-0.1, -0.05) is 38.1 Å². The van der Waals surface area contributed by atoms with Crippen LogP contribution >= 0.6 is 12.2 Å². The first-order valence-electron chi connectivity index (χ1n) is 11.1. The summed E-state index contributed by atoms with van der Waals surface area (Å²) in [4.78, 5) is 4.72. The first kappa shape index (κ1) is 23.5. The highest BCUT2D eigenvalue weighted by Gasteiger charge is 2.14.